The molecular weight excluding hydrogens is 302 g/mol. The van der Waals surface area contributed by atoms with Crippen molar-refractivity contribution < 1.29 is 9.15 Å². The zero-order valence-electron chi connectivity index (χ0n) is 14.2. The fraction of sp³-hybridized carbons (Fsp3) is 0.526. The quantitative estimate of drug-likeness (QED) is 0.844. The standard InChI is InChI=1S/C19H25N3O2/c1-21(12-16-5-2-3-8-20-16)17-11-19(24-14-17)7-9-22(15-19)13-18-6-4-10-23-18/h2-6,8,10,17H,7,9,11-15H2,1H3/t17-,19-/m0/s1. The molecule has 0 bridgehead atoms. The van der Waals surface area contributed by atoms with E-state index in [1.807, 2.05) is 30.5 Å². The maximum absolute atomic E-state index is 6.29. The van der Waals surface area contributed by atoms with Gasteiger partial charge < -0.3 is 9.15 Å². The highest BCUT2D eigenvalue weighted by Gasteiger charge is 2.46. The third kappa shape index (κ3) is 3.38. The predicted octanol–water partition coefficient (Wildman–Crippen LogP) is 2.54. The Balaban J connectivity index is 1.32. The minimum atomic E-state index is 0.0234. The summed E-state index contributed by atoms with van der Waals surface area (Å²) in [5, 5.41) is 0. The second-order valence-corrected chi connectivity index (χ2v) is 7.13. The molecule has 2 fully saturated rings. The molecule has 5 heteroatoms. The lowest BCUT2D eigenvalue weighted by atomic mass is 9.96. The van der Waals surface area contributed by atoms with Crippen molar-refractivity contribution in [2.24, 2.45) is 0 Å². The Morgan fingerprint density at radius 3 is 3.08 bits per heavy atom. The summed E-state index contributed by atoms with van der Waals surface area (Å²) >= 11 is 0. The van der Waals surface area contributed by atoms with Crippen molar-refractivity contribution in [1.82, 2.24) is 14.8 Å². The number of furan rings is 1. The van der Waals surface area contributed by atoms with Gasteiger partial charge in [-0.05, 0) is 44.2 Å². The summed E-state index contributed by atoms with van der Waals surface area (Å²) in [5.74, 6) is 1.04. The highest BCUT2D eigenvalue weighted by atomic mass is 16.5. The van der Waals surface area contributed by atoms with E-state index in [4.69, 9.17) is 9.15 Å². The average molecular weight is 327 g/mol. The second-order valence-electron chi connectivity index (χ2n) is 7.13. The zero-order chi connectivity index (χ0) is 16.4. The summed E-state index contributed by atoms with van der Waals surface area (Å²) in [4.78, 5) is 9.26. The second kappa shape index (κ2) is 6.67. The minimum absolute atomic E-state index is 0.0234. The van der Waals surface area contributed by atoms with Crippen molar-refractivity contribution >= 4 is 0 Å². The molecule has 1 spiro atoms. The van der Waals surface area contributed by atoms with Gasteiger partial charge in [0.15, 0.2) is 0 Å². The molecule has 0 N–H and O–H groups in total. The molecule has 24 heavy (non-hydrogen) atoms. The first-order valence-corrected chi connectivity index (χ1v) is 8.71. The van der Waals surface area contributed by atoms with E-state index in [2.05, 4.69) is 27.9 Å². The van der Waals surface area contributed by atoms with Crippen LogP contribution in [0.2, 0.25) is 0 Å². The number of rotatable bonds is 5. The summed E-state index contributed by atoms with van der Waals surface area (Å²) in [6.45, 7) is 4.66. The number of likely N-dealkylation sites (N-methyl/N-ethyl adjacent to an activating group) is 1. The van der Waals surface area contributed by atoms with Crippen molar-refractivity contribution in [2.75, 3.05) is 26.7 Å². The molecule has 2 atom stereocenters. The van der Waals surface area contributed by atoms with Gasteiger partial charge in [0.1, 0.15) is 5.76 Å². The van der Waals surface area contributed by atoms with Crippen LogP contribution in [0.5, 0.6) is 0 Å². The minimum Gasteiger partial charge on any atom is -0.468 e. The fourth-order valence-electron chi connectivity index (χ4n) is 3.95. The molecule has 2 aliphatic rings. The molecule has 0 aliphatic carbocycles. The van der Waals surface area contributed by atoms with Crippen molar-refractivity contribution in [3.05, 3.63) is 54.2 Å². The van der Waals surface area contributed by atoms with Gasteiger partial charge in [0.2, 0.25) is 0 Å². The molecule has 0 saturated carbocycles. The molecule has 2 saturated heterocycles. The van der Waals surface area contributed by atoms with E-state index in [0.29, 0.717) is 6.04 Å². The smallest absolute Gasteiger partial charge is 0.117 e. The number of likely N-dealkylation sites (tertiary alicyclic amines) is 1. The van der Waals surface area contributed by atoms with E-state index in [1.165, 1.54) is 0 Å². The Hall–Kier alpha value is -1.69. The number of ether oxygens (including phenoxy) is 1. The van der Waals surface area contributed by atoms with E-state index in [-0.39, 0.29) is 5.60 Å². The lowest BCUT2D eigenvalue weighted by Gasteiger charge is -2.25. The van der Waals surface area contributed by atoms with Gasteiger partial charge in [-0.25, -0.2) is 0 Å². The van der Waals surface area contributed by atoms with Gasteiger partial charge in [0.25, 0.3) is 0 Å². The largest absolute Gasteiger partial charge is 0.468 e. The van der Waals surface area contributed by atoms with Gasteiger partial charge in [-0.15, -0.1) is 0 Å². The van der Waals surface area contributed by atoms with Crippen LogP contribution in [0.25, 0.3) is 0 Å². The molecule has 0 radical (unpaired) electrons. The monoisotopic (exact) mass is 327 g/mol. The highest BCUT2D eigenvalue weighted by Crippen LogP contribution is 2.37. The molecular formula is C19H25N3O2. The third-order valence-electron chi connectivity index (χ3n) is 5.31. The van der Waals surface area contributed by atoms with Crippen LogP contribution in [0.4, 0.5) is 0 Å². The molecule has 0 aromatic carbocycles. The van der Waals surface area contributed by atoms with Crippen molar-refractivity contribution in [3.8, 4) is 0 Å². The Morgan fingerprint density at radius 2 is 2.29 bits per heavy atom. The molecule has 128 valence electrons. The molecule has 4 rings (SSSR count). The molecule has 2 aromatic heterocycles. The predicted molar refractivity (Wildman–Crippen MR) is 91.4 cm³/mol. The van der Waals surface area contributed by atoms with E-state index < -0.39 is 0 Å². The van der Waals surface area contributed by atoms with Gasteiger partial charge in [0, 0.05) is 31.9 Å². The summed E-state index contributed by atoms with van der Waals surface area (Å²) in [6.07, 6.45) is 5.82. The lowest BCUT2D eigenvalue weighted by molar-refractivity contribution is 0.00979. The summed E-state index contributed by atoms with van der Waals surface area (Å²) in [7, 11) is 2.18. The Bertz CT molecular complexity index is 646. The molecule has 2 aliphatic heterocycles. The van der Waals surface area contributed by atoms with Gasteiger partial charge in [-0.2, -0.15) is 0 Å². The van der Waals surface area contributed by atoms with Crippen LogP contribution in [0.1, 0.15) is 24.3 Å². The van der Waals surface area contributed by atoms with Crippen LogP contribution in [-0.2, 0) is 17.8 Å². The first-order valence-electron chi connectivity index (χ1n) is 8.71. The van der Waals surface area contributed by atoms with Crippen molar-refractivity contribution in [1.29, 1.82) is 0 Å². The molecule has 5 nitrogen and oxygen atoms in total. The summed E-state index contributed by atoms with van der Waals surface area (Å²) < 4.78 is 11.8. The number of pyridine rings is 1. The normalized spacial score (nSPS) is 27.5. The van der Waals surface area contributed by atoms with Crippen LogP contribution < -0.4 is 0 Å². The number of hydrogen-bond acceptors (Lipinski definition) is 5. The van der Waals surface area contributed by atoms with Crippen LogP contribution in [0.15, 0.2) is 47.2 Å². The average Bonchev–Trinajstić information content (AvgIpc) is 3.32. The Labute approximate surface area is 143 Å². The fourth-order valence-corrected chi connectivity index (χ4v) is 3.95. The van der Waals surface area contributed by atoms with Crippen LogP contribution in [-0.4, -0.2) is 53.2 Å². The number of hydrogen-bond donors (Lipinski definition) is 0. The maximum Gasteiger partial charge on any atom is 0.117 e. The number of aromatic nitrogens is 1. The molecule has 0 amide bonds. The van der Waals surface area contributed by atoms with Crippen LogP contribution >= 0.6 is 0 Å². The summed E-state index contributed by atoms with van der Waals surface area (Å²) in [5.41, 5.74) is 1.14. The molecule has 2 aromatic rings. The van der Waals surface area contributed by atoms with Crippen molar-refractivity contribution in [2.45, 2.75) is 37.6 Å². The Morgan fingerprint density at radius 1 is 1.33 bits per heavy atom. The van der Waals surface area contributed by atoms with Gasteiger partial charge in [-0.3, -0.25) is 14.8 Å². The Kier molecular flexibility index (Phi) is 4.39. The highest BCUT2D eigenvalue weighted by molar-refractivity contribution is 5.06. The van der Waals surface area contributed by atoms with Gasteiger partial charge >= 0.3 is 0 Å². The van der Waals surface area contributed by atoms with Gasteiger partial charge in [0.05, 0.1) is 30.7 Å². The zero-order valence-corrected chi connectivity index (χ0v) is 14.2. The van der Waals surface area contributed by atoms with E-state index in [9.17, 15) is 0 Å². The van der Waals surface area contributed by atoms with E-state index in [1.54, 1.807) is 6.26 Å². The maximum atomic E-state index is 6.29. The third-order valence-corrected chi connectivity index (χ3v) is 5.31. The first kappa shape index (κ1) is 15.8. The van der Waals surface area contributed by atoms with E-state index >= 15 is 0 Å². The van der Waals surface area contributed by atoms with E-state index in [0.717, 1.165) is 57.1 Å². The van der Waals surface area contributed by atoms with Crippen LogP contribution in [0, 0.1) is 0 Å². The van der Waals surface area contributed by atoms with Crippen molar-refractivity contribution in [3.63, 3.8) is 0 Å². The summed E-state index contributed by atoms with van der Waals surface area (Å²) in [6, 6.07) is 10.6. The molecule has 0 unspecified atom stereocenters. The van der Waals surface area contributed by atoms with Gasteiger partial charge in [-0.1, -0.05) is 6.07 Å². The number of nitrogens with zero attached hydrogens (tertiary/aromatic N) is 3. The topological polar surface area (TPSA) is 41.7 Å². The SMILES string of the molecule is CN(Cc1ccccn1)[C@@H]1CO[C@@]2(CCN(Cc3ccco3)C2)C1. The van der Waals surface area contributed by atoms with Crippen LogP contribution in [0.3, 0.4) is 0 Å². The lowest BCUT2D eigenvalue weighted by Crippen LogP contribution is -2.36. The first-order chi connectivity index (χ1) is 11.7. The molecule has 4 heterocycles.